The third-order valence-corrected chi connectivity index (χ3v) is 4.60. The summed E-state index contributed by atoms with van der Waals surface area (Å²) in [6.07, 6.45) is 0.138. The number of ether oxygens (including phenoxy) is 2. The van der Waals surface area contributed by atoms with Gasteiger partial charge in [-0.15, -0.1) is 0 Å². The minimum absolute atomic E-state index is 0.0692. The fraction of sp³-hybridized carbons (Fsp3) is 0.444. The lowest BCUT2D eigenvalue weighted by molar-refractivity contribution is -0.121. The van der Waals surface area contributed by atoms with E-state index in [2.05, 4.69) is 10.3 Å². The highest BCUT2D eigenvalue weighted by Gasteiger charge is 2.26. The molecular formula is C18H22ClN3O4. The van der Waals surface area contributed by atoms with E-state index in [0.717, 1.165) is 0 Å². The average Bonchev–Trinajstić information content (AvgIpc) is 2.92. The van der Waals surface area contributed by atoms with Gasteiger partial charge in [0.2, 0.25) is 5.91 Å². The minimum atomic E-state index is -0.568. The largest absolute Gasteiger partial charge is 0.464 e. The van der Waals surface area contributed by atoms with Gasteiger partial charge in [0.15, 0.2) is 0 Å². The van der Waals surface area contributed by atoms with Crippen molar-refractivity contribution in [3.63, 3.8) is 0 Å². The van der Waals surface area contributed by atoms with Crippen molar-refractivity contribution >= 4 is 40.1 Å². The number of morpholine rings is 1. The quantitative estimate of drug-likeness (QED) is 0.798. The first-order chi connectivity index (χ1) is 12.4. The maximum atomic E-state index is 12.6. The normalized spacial score (nSPS) is 20.9. The van der Waals surface area contributed by atoms with Crippen molar-refractivity contribution in [3.8, 4) is 0 Å². The zero-order valence-corrected chi connectivity index (χ0v) is 15.7. The Kier molecular flexibility index (Phi) is 5.50. The number of benzene rings is 1. The van der Waals surface area contributed by atoms with Crippen molar-refractivity contribution in [2.24, 2.45) is 0 Å². The molecule has 0 spiro atoms. The van der Waals surface area contributed by atoms with Gasteiger partial charge in [0.05, 0.1) is 36.6 Å². The van der Waals surface area contributed by atoms with Crippen LogP contribution < -0.4 is 5.32 Å². The highest BCUT2D eigenvalue weighted by Crippen LogP contribution is 2.34. The van der Waals surface area contributed by atoms with Crippen LogP contribution in [-0.2, 0) is 14.3 Å². The van der Waals surface area contributed by atoms with E-state index in [1.807, 2.05) is 18.7 Å². The van der Waals surface area contributed by atoms with Crippen LogP contribution in [0.1, 0.15) is 24.3 Å². The Morgan fingerprint density at radius 2 is 2.04 bits per heavy atom. The highest BCUT2D eigenvalue weighted by molar-refractivity contribution is 6.37. The number of nitrogens with one attached hydrogen (secondary N) is 2. The SMILES string of the molecule is COC(=O)c1[nH]c2cccc(Cl)c2c1NC(=O)CN1CC(C)OC(C)C1. The van der Waals surface area contributed by atoms with Gasteiger partial charge >= 0.3 is 5.97 Å². The molecule has 26 heavy (non-hydrogen) atoms. The number of hydrogen-bond acceptors (Lipinski definition) is 5. The summed E-state index contributed by atoms with van der Waals surface area (Å²) < 4.78 is 10.5. The number of hydrogen-bond donors (Lipinski definition) is 2. The van der Waals surface area contributed by atoms with Crippen molar-refractivity contribution in [3.05, 3.63) is 28.9 Å². The van der Waals surface area contributed by atoms with E-state index in [4.69, 9.17) is 21.1 Å². The molecule has 1 saturated heterocycles. The molecule has 0 saturated carbocycles. The fourth-order valence-electron chi connectivity index (χ4n) is 3.38. The van der Waals surface area contributed by atoms with Gasteiger partial charge in [-0.1, -0.05) is 17.7 Å². The highest BCUT2D eigenvalue weighted by atomic mass is 35.5. The second-order valence-corrected chi connectivity index (χ2v) is 6.94. The van der Waals surface area contributed by atoms with Crippen molar-refractivity contribution in [2.45, 2.75) is 26.1 Å². The Morgan fingerprint density at radius 3 is 2.69 bits per heavy atom. The molecule has 0 aliphatic carbocycles. The molecule has 7 nitrogen and oxygen atoms in total. The number of carbonyl (C=O) groups is 2. The van der Waals surface area contributed by atoms with Crippen LogP contribution >= 0.6 is 11.6 Å². The first kappa shape index (κ1) is 18.7. The third-order valence-electron chi connectivity index (χ3n) is 4.29. The maximum absolute atomic E-state index is 12.6. The Morgan fingerprint density at radius 1 is 1.35 bits per heavy atom. The van der Waals surface area contributed by atoms with E-state index in [1.165, 1.54) is 7.11 Å². The number of aromatic amines is 1. The van der Waals surface area contributed by atoms with Gasteiger partial charge in [0.25, 0.3) is 0 Å². The zero-order valence-electron chi connectivity index (χ0n) is 15.0. The van der Waals surface area contributed by atoms with Gasteiger partial charge in [-0.3, -0.25) is 9.69 Å². The number of halogens is 1. The van der Waals surface area contributed by atoms with Gasteiger partial charge in [-0.05, 0) is 26.0 Å². The van der Waals surface area contributed by atoms with Gasteiger partial charge in [-0.2, -0.15) is 0 Å². The fourth-order valence-corrected chi connectivity index (χ4v) is 3.65. The van der Waals surface area contributed by atoms with Crippen LogP contribution in [0.15, 0.2) is 18.2 Å². The number of amides is 1. The van der Waals surface area contributed by atoms with Crippen molar-refractivity contribution < 1.29 is 19.1 Å². The monoisotopic (exact) mass is 379 g/mol. The Hall–Kier alpha value is -2.09. The van der Waals surface area contributed by atoms with E-state index >= 15 is 0 Å². The standard InChI is InChI=1S/C18H22ClN3O4/c1-10-7-22(8-11(2)26-10)9-14(23)21-16-15-12(19)5-4-6-13(15)20-17(16)18(24)25-3/h4-6,10-11,20H,7-9H2,1-3H3,(H,21,23). The summed E-state index contributed by atoms with van der Waals surface area (Å²) in [6.45, 7) is 5.52. The molecule has 8 heteroatoms. The molecular weight excluding hydrogens is 358 g/mol. The number of carbonyl (C=O) groups excluding carboxylic acids is 2. The molecule has 1 aliphatic rings. The van der Waals surface area contributed by atoms with Crippen molar-refractivity contribution in [1.82, 2.24) is 9.88 Å². The predicted octanol–water partition coefficient (Wildman–Crippen LogP) is 2.66. The zero-order chi connectivity index (χ0) is 18.8. The Bertz CT molecular complexity index is 825. The molecule has 140 valence electrons. The van der Waals surface area contributed by atoms with E-state index in [9.17, 15) is 9.59 Å². The molecule has 1 fully saturated rings. The van der Waals surface area contributed by atoms with E-state index in [0.29, 0.717) is 34.7 Å². The molecule has 2 N–H and O–H groups in total. The lowest BCUT2D eigenvalue weighted by Gasteiger charge is -2.34. The molecule has 1 aromatic heterocycles. The molecule has 1 aromatic carbocycles. The summed E-state index contributed by atoms with van der Waals surface area (Å²) >= 11 is 6.29. The summed E-state index contributed by atoms with van der Waals surface area (Å²) in [7, 11) is 1.29. The van der Waals surface area contributed by atoms with Crippen LogP contribution in [0, 0.1) is 0 Å². The van der Waals surface area contributed by atoms with Crippen LogP contribution in [0.2, 0.25) is 5.02 Å². The predicted molar refractivity (Wildman–Crippen MR) is 99.7 cm³/mol. The smallest absolute Gasteiger partial charge is 0.356 e. The number of methoxy groups -OCH3 is 1. The van der Waals surface area contributed by atoms with Crippen molar-refractivity contribution in [2.75, 3.05) is 32.1 Å². The number of aromatic nitrogens is 1. The molecule has 2 atom stereocenters. The van der Waals surface area contributed by atoms with E-state index in [-0.39, 0.29) is 30.4 Å². The molecule has 0 bridgehead atoms. The number of H-pyrrole nitrogens is 1. The number of fused-ring (bicyclic) bond motifs is 1. The molecule has 3 rings (SSSR count). The summed E-state index contributed by atoms with van der Waals surface area (Å²) in [5, 5.41) is 3.86. The molecule has 2 unspecified atom stereocenters. The molecule has 2 heterocycles. The van der Waals surface area contributed by atoms with Crippen LogP contribution in [-0.4, -0.2) is 60.7 Å². The van der Waals surface area contributed by atoms with Crippen LogP contribution in [0.5, 0.6) is 0 Å². The topological polar surface area (TPSA) is 83.7 Å². The minimum Gasteiger partial charge on any atom is -0.464 e. The maximum Gasteiger partial charge on any atom is 0.356 e. The van der Waals surface area contributed by atoms with Crippen LogP contribution in [0.4, 0.5) is 5.69 Å². The Balaban J connectivity index is 1.85. The second-order valence-electron chi connectivity index (χ2n) is 6.53. The summed E-state index contributed by atoms with van der Waals surface area (Å²) in [5.74, 6) is -0.793. The van der Waals surface area contributed by atoms with Crippen LogP contribution in [0.3, 0.4) is 0 Å². The van der Waals surface area contributed by atoms with Gasteiger partial charge < -0.3 is 19.8 Å². The number of anilines is 1. The summed E-state index contributed by atoms with van der Waals surface area (Å²) in [4.78, 5) is 29.7. The summed E-state index contributed by atoms with van der Waals surface area (Å²) in [6, 6.07) is 5.26. The van der Waals surface area contributed by atoms with Crippen molar-refractivity contribution in [1.29, 1.82) is 0 Å². The first-order valence-corrected chi connectivity index (χ1v) is 8.83. The lowest BCUT2D eigenvalue weighted by atomic mass is 10.2. The number of nitrogens with zero attached hydrogens (tertiary/aromatic N) is 1. The molecule has 2 aromatic rings. The van der Waals surface area contributed by atoms with Crippen LogP contribution in [0.25, 0.3) is 10.9 Å². The van der Waals surface area contributed by atoms with Gasteiger partial charge in [0.1, 0.15) is 5.69 Å². The molecule has 0 radical (unpaired) electrons. The number of rotatable bonds is 4. The lowest BCUT2D eigenvalue weighted by Crippen LogP contribution is -2.48. The van der Waals surface area contributed by atoms with E-state index in [1.54, 1.807) is 18.2 Å². The van der Waals surface area contributed by atoms with Gasteiger partial charge in [0, 0.05) is 24.0 Å². The molecule has 1 amide bonds. The molecule has 1 aliphatic heterocycles. The third kappa shape index (κ3) is 3.85. The van der Waals surface area contributed by atoms with Gasteiger partial charge in [-0.25, -0.2) is 4.79 Å². The average molecular weight is 380 g/mol. The second kappa shape index (κ2) is 7.65. The Labute approximate surface area is 156 Å². The first-order valence-electron chi connectivity index (χ1n) is 8.45. The number of esters is 1. The van der Waals surface area contributed by atoms with E-state index < -0.39 is 5.97 Å². The summed E-state index contributed by atoms with van der Waals surface area (Å²) in [5.41, 5.74) is 1.17.